The highest BCUT2D eigenvalue weighted by atomic mass is 32.2. The van der Waals surface area contributed by atoms with Crippen molar-refractivity contribution in [1.82, 2.24) is 5.32 Å². The molecular weight excluding hydrogens is 222 g/mol. The molecule has 0 saturated carbocycles. The highest BCUT2D eigenvalue weighted by molar-refractivity contribution is 7.85. The number of nitrogens with one attached hydrogen (secondary N) is 1. The van der Waals surface area contributed by atoms with Gasteiger partial charge in [-0.25, -0.2) is 0 Å². The average Bonchev–Trinajstić information content (AvgIpc) is 2.31. The molecule has 0 spiro atoms. The smallest absolute Gasteiger partial charge is 0.0477 e. The zero-order valence-electron chi connectivity index (χ0n) is 10.5. The molecule has 0 aromatic carbocycles. The second-order valence-corrected chi connectivity index (χ2v) is 6.16. The maximum absolute atomic E-state index is 12.2. The third-order valence-corrected chi connectivity index (χ3v) is 4.98. The van der Waals surface area contributed by atoms with Crippen molar-refractivity contribution >= 4 is 10.8 Å². The second-order valence-electron chi connectivity index (χ2n) is 4.40. The van der Waals surface area contributed by atoms with Crippen LogP contribution in [0.1, 0.15) is 39.5 Å². The average molecular weight is 247 g/mol. The Labute approximate surface area is 102 Å². The van der Waals surface area contributed by atoms with Crippen LogP contribution in [0, 0.1) is 0 Å². The fraction of sp³-hybridized carbons (Fsp3) is 1.00. The molecule has 1 heterocycles. The fourth-order valence-electron chi connectivity index (χ4n) is 2.15. The highest BCUT2D eigenvalue weighted by Crippen LogP contribution is 2.14. The van der Waals surface area contributed by atoms with Crippen molar-refractivity contribution in [3.63, 3.8) is 0 Å². The summed E-state index contributed by atoms with van der Waals surface area (Å²) >= 11 is 0. The van der Waals surface area contributed by atoms with Crippen LogP contribution in [0.5, 0.6) is 0 Å². The van der Waals surface area contributed by atoms with Crippen molar-refractivity contribution in [2.45, 2.75) is 50.8 Å². The van der Waals surface area contributed by atoms with Crippen LogP contribution in [0.2, 0.25) is 0 Å². The van der Waals surface area contributed by atoms with Crippen molar-refractivity contribution < 1.29 is 8.95 Å². The van der Waals surface area contributed by atoms with Gasteiger partial charge in [-0.05, 0) is 25.8 Å². The van der Waals surface area contributed by atoms with Gasteiger partial charge in [0.1, 0.15) is 0 Å². The molecule has 96 valence electrons. The second kappa shape index (κ2) is 8.20. The molecular formula is C12H25NO2S. The van der Waals surface area contributed by atoms with Crippen LogP contribution >= 0.6 is 0 Å². The van der Waals surface area contributed by atoms with Gasteiger partial charge >= 0.3 is 0 Å². The zero-order chi connectivity index (χ0) is 11.8. The van der Waals surface area contributed by atoms with Gasteiger partial charge in [-0.15, -0.1) is 0 Å². The van der Waals surface area contributed by atoms with E-state index in [2.05, 4.69) is 19.2 Å². The Hall–Kier alpha value is 0.0700. The van der Waals surface area contributed by atoms with Crippen LogP contribution in [0.3, 0.4) is 0 Å². The molecule has 0 radical (unpaired) electrons. The van der Waals surface area contributed by atoms with E-state index in [4.69, 9.17) is 4.74 Å². The summed E-state index contributed by atoms with van der Waals surface area (Å²) in [7, 11) is -0.682. The molecule has 4 heteroatoms. The third kappa shape index (κ3) is 4.93. The molecule has 0 aromatic rings. The predicted octanol–water partition coefficient (Wildman–Crippen LogP) is 1.69. The Morgan fingerprint density at radius 3 is 2.62 bits per heavy atom. The van der Waals surface area contributed by atoms with Gasteiger partial charge in [0, 0.05) is 41.1 Å². The van der Waals surface area contributed by atoms with Gasteiger partial charge in [0.25, 0.3) is 0 Å². The lowest BCUT2D eigenvalue weighted by molar-refractivity contribution is 0.0991. The van der Waals surface area contributed by atoms with Gasteiger partial charge in [0.05, 0.1) is 0 Å². The summed E-state index contributed by atoms with van der Waals surface area (Å²) in [6, 6.07) is 0.429. The first-order valence-corrected chi connectivity index (χ1v) is 7.84. The van der Waals surface area contributed by atoms with E-state index in [1.54, 1.807) is 0 Å². The van der Waals surface area contributed by atoms with E-state index < -0.39 is 10.8 Å². The lowest BCUT2D eigenvalue weighted by Crippen LogP contribution is -2.37. The van der Waals surface area contributed by atoms with Crippen LogP contribution in [0.25, 0.3) is 0 Å². The SMILES string of the molecule is CCCC(CS(=O)C1CCOCC1)NCC. The maximum Gasteiger partial charge on any atom is 0.0477 e. The quantitative estimate of drug-likeness (QED) is 0.744. The minimum atomic E-state index is -0.682. The highest BCUT2D eigenvalue weighted by Gasteiger charge is 2.22. The Morgan fingerprint density at radius 1 is 1.38 bits per heavy atom. The zero-order valence-corrected chi connectivity index (χ0v) is 11.4. The summed E-state index contributed by atoms with van der Waals surface area (Å²) in [5, 5.41) is 3.80. The number of hydrogen-bond acceptors (Lipinski definition) is 3. The summed E-state index contributed by atoms with van der Waals surface area (Å²) in [4.78, 5) is 0. The van der Waals surface area contributed by atoms with E-state index in [0.717, 1.165) is 51.2 Å². The lowest BCUT2D eigenvalue weighted by Gasteiger charge is -2.24. The van der Waals surface area contributed by atoms with E-state index in [0.29, 0.717) is 11.3 Å². The Bertz CT molecular complexity index is 199. The molecule has 1 rings (SSSR count). The Kier molecular flexibility index (Phi) is 7.25. The van der Waals surface area contributed by atoms with Crippen molar-refractivity contribution in [1.29, 1.82) is 0 Å². The Balaban J connectivity index is 2.33. The van der Waals surface area contributed by atoms with E-state index in [1.165, 1.54) is 0 Å². The summed E-state index contributed by atoms with van der Waals surface area (Å²) < 4.78 is 17.5. The molecule has 2 atom stereocenters. The summed E-state index contributed by atoms with van der Waals surface area (Å²) in [5.74, 6) is 0.812. The van der Waals surface area contributed by atoms with Gasteiger partial charge in [0.2, 0.25) is 0 Å². The number of hydrogen-bond donors (Lipinski definition) is 1. The van der Waals surface area contributed by atoms with E-state index >= 15 is 0 Å². The monoisotopic (exact) mass is 247 g/mol. The van der Waals surface area contributed by atoms with Crippen LogP contribution in [0.4, 0.5) is 0 Å². The molecule has 0 bridgehead atoms. The standard InChI is InChI=1S/C12H25NO2S/c1-3-5-11(13-4-2)10-16(14)12-6-8-15-9-7-12/h11-13H,3-10H2,1-2H3. The topological polar surface area (TPSA) is 38.3 Å². The van der Waals surface area contributed by atoms with Crippen molar-refractivity contribution in [3.05, 3.63) is 0 Å². The van der Waals surface area contributed by atoms with Crippen molar-refractivity contribution in [3.8, 4) is 0 Å². The molecule has 0 amide bonds. The van der Waals surface area contributed by atoms with Crippen LogP contribution in [-0.2, 0) is 15.5 Å². The first-order chi connectivity index (χ1) is 7.77. The van der Waals surface area contributed by atoms with Crippen molar-refractivity contribution in [2.75, 3.05) is 25.5 Å². The molecule has 0 aromatic heterocycles. The Morgan fingerprint density at radius 2 is 2.06 bits per heavy atom. The maximum atomic E-state index is 12.2. The van der Waals surface area contributed by atoms with Gasteiger partial charge in [-0.2, -0.15) is 0 Å². The number of rotatable bonds is 7. The minimum absolute atomic E-state index is 0.367. The van der Waals surface area contributed by atoms with Crippen LogP contribution in [-0.4, -0.2) is 41.0 Å². The summed E-state index contributed by atoms with van der Waals surface area (Å²) in [6.07, 6.45) is 4.22. The normalized spacial score (nSPS) is 21.9. The molecule has 1 aliphatic rings. The molecule has 1 fully saturated rings. The largest absolute Gasteiger partial charge is 0.381 e. The molecule has 0 aliphatic carbocycles. The first kappa shape index (κ1) is 14.1. The van der Waals surface area contributed by atoms with Crippen LogP contribution in [0.15, 0.2) is 0 Å². The van der Waals surface area contributed by atoms with Gasteiger partial charge in [-0.1, -0.05) is 20.3 Å². The van der Waals surface area contributed by atoms with E-state index in [1.807, 2.05) is 0 Å². The first-order valence-electron chi connectivity index (χ1n) is 6.46. The molecule has 1 aliphatic heterocycles. The fourth-order valence-corrected chi connectivity index (χ4v) is 3.83. The van der Waals surface area contributed by atoms with Crippen LogP contribution < -0.4 is 5.32 Å². The molecule has 1 N–H and O–H groups in total. The van der Waals surface area contributed by atoms with E-state index in [9.17, 15) is 4.21 Å². The lowest BCUT2D eigenvalue weighted by atomic mass is 10.2. The van der Waals surface area contributed by atoms with Crippen molar-refractivity contribution in [2.24, 2.45) is 0 Å². The van der Waals surface area contributed by atoms with E-state index in [-0.39, 0.29) is 0 Å². The minimum Gasteiger partial charge on any atom is -0.381 e. The summed E-state index contributed by atoms with van der Waals surface area (Å²) in [6.45, 7) is 6.84. The third-order valence-electron chi connectivity index (χ3n) is 3.04. The van der Waals surface area contributed by atoms with Gasteiger partial charge in [-0.3, -0.25) is 4.21 Å². The molecule has 2 unspecified atom stereocenters. The number of ether oxygens (including phenoxy) is 1. The summed E-state index contributed by atoms with van der Waals surface area (Å²) in [5.41, 5.74) is 0. The predicted molar refractivity (Wildman–Crippen MR) is 69.2 cm³/mol. The van der Waals surface area contributed by atoms with Gasteiger partial charge < -0.3 is 10.1 Å². The van der Waals surface area contributed by atoms with Gasteiger partial charge in [0.15, 0.2) is 0 Å². The molecule has 1 saturated heterocycles. The molecule has 16 heavy (non-hydrogen) atoms. The molecule has 3 nitrogen and oxygen atoms in total.